The van der Waals surface area contributed by atoms with E-state index in [9.17, 15) is 0 Å². The minimum absolute atomic E-state index is 0. The van der Waals surface area contributed by atoms with Crippen molar-refractivity contribution in [3.8, 4) is 22.5 Å². The molecule has 1 aromatic heterocycles. The lowest BCUT2D eigenvalue weighted by Crippen LogP contribution is -2.10. The van der Waals surface area contributed by atoms with Gasteiger partial charge in [0.2, 0.25) is 11.7 Å². The van der Waals surface area contributed by atoms with Crippen molar-refractivity contribution >= 4 is 12.4 Å². The lowest BCUT2D eigenvalue weighted by molar-refractivity contribution is 0.358. The molecule has 0 spiro atoms. The molecule has 1 fully saturated rings. The summed E-state index contributed by atoms with van der Waals surface area (Å²) >= 11 is 0. The summed E-state index contributed by atoms with van der Waals surface area (Å²) in [6.07, 6.45) is 2.05. The number of hydrogen-bond acceptors (Lipinski definition) is 4. The van der Waals surface area contributed by atoms with Crippen LogP contribution in [0.15, 0.2) is 59.1 Å². The SMILES string of the molecule is Cl.c1ccc(-c2ccc(-c3noc(CC4CCNC4)n3)cc2)cc1. The zero-order valence-electron chi connectivity index (χ0n) is 13.3. The van der Waals surface area contributed by atoms with Gasteiger partial charge in [0, 0.05) is 12.0 Å². The lowest BCUT2D eigenvalue weighted by atomic mass is 10.0. The molecule has 0 radical (unpaired) electrons. The van der Waals surface area contributed by atoms with Crippen molar-refractivity contribution in [3.05, 3.63) is 60.5 Å². The van der Waals surface area contributed by atoms with Crippen molar-refractivity contribution < 1.29 is 4.52 Å². The second-order valence-corrected chi connectivity index (χ2v) is 6.02. The largest absolute Gasteiger partial charge is 0.339 e. The third-order valence-corrected chi connectivity index (χ3v) is 4.34. The first-order valence-corrected chi connectivity index (χ1v) is 8.07. The van der Waals surface area contributed by atoms with Crippen LogP contribution >= 0.6 is 12.4 Å². The summed E-state index contributed by atoms with van der Waals surface area (Å²) in [6.45, 7) is 2.14. The van der Waals surface area contributed by atoms with Crippen LogP contribution in [0.25, 0.3) is 22.5 Å². The normalized spacial score (nSPS) is 16.8. The molecular weight excluding hydrogens is 322 g/mol. The maximum atomic E-state index is 5.41. The Morgan fingerprint density at radius 3 is 2.38 bits per heavy atom. The highest BCUT2D eigenvalue weighted by molar-refractivity contribution is 5.85. The van der Waals surface area contributed by atoms with E-state index >= 15 is 0 Å². The van der Waals surface area contributed by atoms with Crippen molar-refractivity contribution in [1.29, 1.82) is 0 Å². The van der Waals surface area contributed by atoms with Crippen LogP contribution in [0.5, 0.6) is 0 Å². The van der Waals surface area contributed by atoms with E-state index in [2.05, 4.69) is 39.7 Å². The minimum Gasteiger partial charge on any atom is -0.339 e. The zero-order chi connectivity index (χ0) is 15.5. The molecule has 124 valence electrons. The van der Waals surface area contributed by atoms with Crippen LogP contribution in [0, 0.1) is 5.92 Å². The maximum absolute atomic E-state index is 5.41. The van der Waals surface area contributed by atoms with E-state index < -0.39 is 0 Å². The zero-order valence-corrected chi connectivity index (χ0v) is 14.1. The molecule has 5 heteroatoms. The summed E-state index contributed by atoms with van der Waals surface area (Å²) in [4.78, 5) is 4.54. The van der Waals surface area contributed by atoms with E-state index in [-0.39, 0.29) is 12.4 Å². The summed E-state index contributed by atoms with van der Waals surface area (Å²) in [5.41, 5.74) is 3.39. The molecule has 0 amide bonds. The van der Waals surface area contributed by atoms with Crippen LogP contribution in [-0.4, -0.2) is 23.2 Å². The van der Waals surface area contributed by atoms with Crippen molar-refractivity contribution in [2.45, 2.75) is 12.8 Å². The third-order valence-electron chi connectivity index (χ3n) is 4.34. The number of halogens is 1. The summed E-state index contributed by atoms with van der Waals surface area (Å²) in [7, 11) is 0. The Labute approximate surface area is 147 Å². The van der Waals surface area contributed by atoms with E-state index in [0.717, 1.165) is 31.0 Å². The van der Waals surface area contributed by atoms with Gasteiger partial charge in [-0.3, -0.25) is 0 Å². The molecule has 0 saturated carbocycles. The summed E-state index contributed by atoms with van der Waals surface area (Å²) in [6, 6.07) is 18.6. The van der Waals surface area contributed by atoms with Gasteiger partial charge in [-0.1, -0.05) is 59.8 Å². The molecule has 0 bridgehead atoms. The van der Waals surface area contributed by atoms with Gasteiger partial charge in [0.25, 0.3) is 0 Å². The van der Waals surface area contributed by atoms with Gasteiger partial charge in [-0.2, -0.15) is 4.98 Å². The average molecular weight is 342 g/mol. The van der Waals surface area contributed by atoms with Crippen LogP contribution in [-0.2, 0) is 6.42 Å². The van der Waals surface area contributed by atoms with Crippen molar-refractivity contribution in [1.82, 2.24) is 15.5 Å². The minimum atomic E-state index is 0. The second kappa shape index (κ2) is 7.60. The molecule has 2 aromatic carbocycles. The average Bonchev–Trinajstić information content (AvgIpc) is 3.28. The first-order chi connectivity index (χ1) is 11.4. The predicted molar refractivity (Wildman–Crippen MR) is 97.1 cm³/mol. The highest BCUT2D eigenvalue weighted by Crippen LogP contribution is 2.24. The Morgan fingerprint density at radius 2 is 1.67 bits per heavy atom. The van der Waals surface area contributed by atoms with Gasteiger partial charge in [0.15, 0.2) is 0 Å². The van der Waals surface area contributed by atoms with E-state index in [4.69, 9.17) is 4.52 Å². The van der Waals surface area contributed by atoms with Gasteiger partial charge < -0.3 is 9.84 Å². The topological polar surface area (TPSA) is 51.0 Å². The Bertz CT molecular complexity index is 765. The fourth-order valence-corrected chi connectivity index (χ4v) is 3.03. The van der Waals surface area contributed by atoms with Gasteiger partial charge in [0.05, 0.1) is 0 Å². The fourth-order valence-electron chi connectivity index (χ4n) is 3.03. The van der Waals surface area contributed by atoms with Gasteiger partial charge in [-0.05, 0) is 36.6 Å². The molecule has 2 heterocycles. The number of rotatable bonds is 4. The lowest BCUT2D eigenvalue weighted by Gasteiger charge is -2.02. The van der Waals surface area contributed by atoms with Crippen LogP contribution in [0.2, 0.25) is 0 Å². The molecule has 4 rings (SSSR count). The molecule has 1 atom stereocenters. The number of nitrogens with zero attached hydrogens (tertiary/aromatic N) is 2. The first kappa shape index (κ1) is 16.7. The van der Waals surface area contributed by atoms with Crippen LogP contribution in [0.4, 0.5) is 0 Å². The standard InChI is InChI=1S/C19H19N3O.ClH/c1-2-4-15(5-3-1)16-6-8-17(9-7-16)19-21-18(23-22-19)12-14-10-11-20-13-14;/h1-9,14,20H,10-13H2;1H. The van der Waals surface area contributed by atoms with E-state index in [0.29, 0.717) is 11.7 Å². The highest BCUT2D eigenvalue weighted by atomic mass is 35.5. The molecule has 1 aliphatic rings. The first-order valence-electron chi connectivity index (χ1n) is 8.07. The predicted octanol–water partition coefficient (Wildman–Crippen LogP) is 3.98. The van der Waals surface area contributed by atoms with Crippen LogP contribution < -0.4 is 5.32 Å². The number of nitrogens with one attached hydrogen (secondary N) is 1. The second-order valence-electron chi connectivity index (χ2n) is 6.02. The van der Waals surface area contributed by atoms with E-state index in [1.807, 2.05) is 30.3 Å². The molecule has 1 N–H and O–H groups in total. The molecule has 24 heavy (non-hydrogen) atoms. The third kappa shape index (κ3) is 3.66. The quantitative estimate of drug-likeness (QED) is 0.780. The van der Waals surface area contributed by atoms with Crippen molar-refractivity contribution in [3.63, 3.8) is 0 Å². The molecule has 0 aliphatic carbocycles. The summed E-state index contributed by atoms with van der Waals surface area (Å²) in [5, 5.41) is 7.49. The number of benzene rings is 2. The molecular formula is C19H20ClN3O. The van der Waals surface area contributed by atoms with Gasteiger partial charge in [-0.25, -0.2) is 0 Å². The number of aromatic nitrogens is 2. The van der Waals surface area contributed by atoms with Crippen LogP contribution in [0.1, 0.15) is 12.3 Å². The summed E-state index contributed by atoms with van der Waals surface area (Å²) in [5.74, 6) is 2.02. The Kier molecular flexibility index (Phi) is 5.28. The monoisotopic (exact) mass is 341 g/mol. The van der Waals surface area contributed by atoms with Gasteiger partial charge >= 0.3 is 0 Å². The molecule has 3 aromatic rings. The van der Waals surface area contributed by atoms with Gasteiger partial charge in [-0.15, -0.1) is 12.4 Å². The molecule has 1 saturated heterocycles. The Morgan fingerprint density at radius 1 is 0.958 bits per heavy atom. The van der Waals surface area contributed by atoms with Gasteiger partial charge in [0.1, 0.15) is 0 Å². The van der Waals surface area contributed by atoms with E-state index in [1.165, 1.54) is 17.5 Å². The molecule has 1 aliphatic heterocycles. The highest BCUT2D eigenvalue weighted by Gasteiger charge is 2.18. The molecule has 1 unspecified atom stereocenters. The summed E-state index contributed by atoms with van der Waals surface area (Å²) < 4.78 is 5.41. The smallest absolute Gasteiger partial charge is 0.227 e. The maximum Gasteiger partial charge on any atom is 0.227 e. The van der Waals surface area contributed by atoms with E-state index in [1.54, 1.807) is 0 Å². The van der Waals surface area contributed by atoms with Crippen molar-refractivity contribution in [2.75, 3.05) is 13.1 Å². The van der Waals surface area contributed by atoms with Crippen molar-refractivity contribution in [2.24, 2.45) is 5.92 Å². The fraction of sp³-hybridized carbons (Fsp3) is 0.263. The number of hydrogen-bond donors (Lipinski definition) is 1. The molecule has 4 nitrogen and oxygen atoms in total. The Hall–Kier alpha value is -2.17. The van der Waals surface area contributed by atoms with Crippen LogP contribution in [0.3, 0.4) is 0 Å². The Balaban J connectivity index is 0.00000169.